The number of hydroxylamine groups is 1. The van der Waals surface area contributed by atoms with Crippen molar-refractivity contribution in [1.82, 2.24) is 0 Å². The summed E-state index contributed by atoms with van der Waals surface area (Å²) in [6, 6.07) is 22.2. The minimum absolute atomic E-state index is 0.0439. The number of nitrogens with zero attached hydrogens (tertiary/aromatic N) is 2. The molecule has 0 spiro atoms. The van der Waals surface area contributed by atoms with Gasteiger partial charge in [0.05, 0.1) is 24.0 Å². The Bertz CT molecular complexity index is 1150. The molecule has 0 bridgehead atoms. The highest BCUT2D eigenvalue weighted by atomic mass is 16.7. The Balaban J connectivity index is 1.55. The number of phenols is 1. The van der Waals surface area contributed by atoms with Crippen molar-refractivity contribution in [2.24, 2.45) is 5.92 Å². The van der Waals surface area contributed by atoms with Gasteiger partial charge < -0.3 is 9.84 Å². The molecule has 1 N–H and O–H groups in total. The molecule has 0 aromatic heterocycles. The molecule has 3 atom stereocenters. The van der Waals surface area contributed by atoms with Crippen molar-refractivity contribution in [1.29, 1.82) is 0 Å². The van der Waals surface area contributed by atoms with Gasteiger partial charge in [-0.3, -0.25) is 14.4 Å². The summed E-state index contributed by atoms with van der Waals surface area (Å²) in [7, 11) is 0. The highest BCUT2D eigenvalue weighted by Gasteiger charge is 2.60. The van der Waals surface area contributed by atoms with Crippen LogP contribution in [0.4, 0.5) is 11.4 Å². The number of amides is 2. The lowest BCUT2D eigenvalue weighted by atomic mass is 9.90. The minimum atomic E-state index is -0.987. The van der Waals surface area contributed by atoms with E-state index in [0.717, 1.165) is 0 Å². The standard InChI is InChI=1S/C25H22N2O5/c1-2-31-18-14-12-16(13-15-18)26-24(29)21-22(19-10-6-7-11-20(19)28)27(32-23(21)25(26)30)17-8-4-3-5-9-17/h3-15,21-23,28H,2H2,1H3/t21-,22-,23-/m1/s1. The summed E-state index contributed by atoms with van der Waals surface area (Å²) in [6.07, 6.45) is -0.987. The summed E-state index contributed by atoms with van der Waals surface area (Å²) in [4.78, 5) is 34.1. The second kappa shape index (κ2) is 8.01. The Morgan fingerprint density at radius 1 is 0.875 bits per heavy atom. The van der Waals surface area contributed by atoms with Crippen LogP contribution in [-0.4, -0.2) is 29.6 Å². The number of aromatic hydroxyl groups is 1. The largest absolute Gasteiger partial charge is 0.508 e. The zero-order chi connectivity index (χ0) is 22.2. The fourth-order valence-electron chi connectivity index (χ4n) is 4.38. The zero-order valence-electron chi connectivity index (χ0n) is 17.4. The van der Waals surface area contributed by atoms with Crippen LogP contribution in [0, 0.1) is 5.92 Å². The van der Waals surface area contributed by atoms with Crippen molar-refractivity contribution in [3.8, 4) is 11.5 Å². The Hall–Kier alpha value is -3.84. The van der Waals surface area contributed by atoms with E-state index in [1.165, 1.54) is 4.90 Å². The van der Waals surface area contributed by atoms with Crippen LogP contribution < -0.4 is 14.7 Å². The molecule has 3 aromatic carbocycles. The van der Waals surface area contributed by atoms with Crippen LogP contribution in [0.1, 0.15) is 18.5 Å². The molecule has 2 aliphatic heterocycles. The Labute approximate surface area is 185 Å². The number of anilines is 2. The first-order valence-electron chi connectivity index (χ1n) is 10.5. The number of carbonyl (C=O) groups is 2. The van der Waals surface area contributed by atoms with Gasteiger partial charge in [0, 0.05) is 5.56 Å². The number of ether oxygens (including phenoxy) is 1. The van der Waals surface area contributed by atoms with Crippen molar-refractivity contribution >= 4 is 23.2 Å². The number of rotatable bonds is 5. The third kappa shape index (κ3) is 3.18. The highest BCUT2D eigenvalue weighted by Crippen LogP contribution is 2.49. The number of hydrogen-bond acceptors (Lipinski definition) is 6. The quantitative estimate of drug-likeness (QED) is 0.620. The Kier molecular flexibility index (Phi) is 5.03. The van der Waals surface area contributed by atoms with Crippen molar-refractivity contribution in [3.63, 3.8) is 0 Å². The molecule has 0 saturated carbocycles. The summed E-state index contributed by atoms with van der Waals surface area (Å²) < 4.78 is 5.46. The maximum Gasteiger partial charge on any atom is 0.266 e. The van der Waals surface area contributed by atoms with E-state index in [-0.39, 0.29) is 11.7 Å². The minimum Gasteiger partial charge on any atom is -0.508 e. The summed E-state index contributed by atoms with van der Waals surface area (Å²) in [5.41, 5.74) is 1.69. The van der Waals surface area contributed by atoms with Gasteiger partial charge in [-0.2, -0.15) is 0 Å². The van der Waals surface area contributed by atoms with Crippen LogP contribution >= 0.6 is 0 Å². The Morgan fingerprint density at radius 3 is 2.25 bits per heavy atom. The number of hydrogen-bond donors (Lipinski definition) is 1. The van der Waals surface area contributed by atoms with Crippen LogP contribution in [0.3, 0.4) is 0 Å². The monoisotopic (exact) mass is 430 g/mol. The number of imide groups is 1. The molecule has 3 aromatic rings. The molecule has 0 radical (unpaired) electrons. The normalized spacial score (nSPS) is 22.3. The van der Waals surface area contributed by atoms with Crippen molar-refractivity contribution in [3.05, 3.63) is 84.4 Å². The molecule has 0 aliphatic carbocycles. The molecule has 5 rings (SSSR count). The van der Waals surface area contributed by atoms with E-state index >= 15 is 0 Å². The second-order valence-corrected chi connectivity index (χ2v) is 7.66. The van der Waals surface area contributed by atoms with Crippen molar-refractivity contribution < 1.29 is 24.3 Å². The van der Waals surface area contributed by atoms with Gasteiger partial charge in [-0.1, -0.05) is 36.4 Å². The van der Waals surface area contributed by atoms with Gasteiger partial charge in [0.1, 0.15) is 17.4 Å². The number of benzene rings is 3. The summed E-state index contributed by atoms with van der Waals surface area (Å²) in [5, 5.41) is 12.1. The molecule has 0 unspecified atom stereocenters. The molecule has 2 aliphatic rings. The van der Waals surface area contributed by atoms with Gasteiger partial charge in [0.2, 0.25) is 5.91 Å². The molecule has 7 heteroatoms. The molecule has 32 heavy (non-hydrogen) atoms. The van der Waals surface area contributed by atoms with Crippen molar-refractivity contribution in [2.75, 3.05) is 16.6 Å². The summed E-state index contributed by atoms with van der Waals surface area (Å²) in [5.74, 6) is -0.891. The third-order valence-corrected chi connectivity index (χ3v) is 5.79. The van der Waals surface area contributed by atoms with E-state index in [0.29, 0.717) is 29.3 Å². The van der Waals surface area contributed by atoms with Crippen LogP contribution in [0.2, 0.25) is 0 Å². The van der Waals surface area contributed by atoms with Crippen LogP contribution in [-0.2, 0) is 14.4 Å². The number of phenolic OH excluding ortho intramolecular Hbond substituents is 1. The molecule has 7 nitrogen and oxygen atoms in total. The third-order valence-electron chi connectivity index (χ3n) is 5.79. The van der Waals surface area contributed by atoms with E-state index in [9.17, 15) is 14.7 Å². The SMILES string of the molecule is CCOc1ccc(N2C(=O)[C@@H]3[C@@H](c4ccccc4O)N(c4ccccc4)O[C@H]3C2=O)cc1. The molecular weight excluding hydrogens is 408 g/mol. The maximum absolute atomic E-state index is 13.6. The first-order chi connectivity index (χ1) is 15.6. The van der Waals surface area contributed by atoms with Gasteiger partial charge in [-0.25, -0.2) is 9.96 Å². The first kappa shape index (κ1) is 20.1. The predicted molar refractivity (Wildman–Crippen MR) is 118 cm³/mol. The lowest BCUT2D eigenvalue weighted by molar-refractivity contribution is -0.126. The molecule has 2 heterocycles. The van der Waals surface area contributed by atoms with Crippen LogP contribution in [0.5, 0.6) is 11.5 Å². The maximum atomic E-state index is 13.6. The van der Waals surface area contributed by atoms with Crippen LogP contribution in [0.25, 0.3) is 0 Å². The molecule has 162 valence electrons. The van der Waals surface area contributed by atoms with E-state index in [4.69, 9.17) is 9.57 Å². The average molecular weight is 430 g/mol. The number of fused-ring (bicyclic) bond motifs is 1. The first-order valence-corrected chi connectivity index (χ1v) is 10.5. The average Bonchev–Trinajstić information content (AvgIpc) is 3.32. The molecule has 2 amide bonds. The second-order valence-electron chi connectivity index (χ2n) is 7.66. The smallest absolute Gasteiger partial charge is 0.266 e. The van der Waals surface area contributed by atoms with Gasteiger partial charge in [-0.05, 0) is 49.4 Å². The lowest BCUT2D eigenvalue weighted by Crippen LogP contribution is -2.37. The zero-order valence-corrected chi connectivity index (χ0v) is 17.4. The van der Waals surface area contributed by atoms with Crippen molar-refractivity contribution in [2.45, 2.75) is 19.1 Å². The van der Waals surface area contributed by atoms with Gasteiger partial charge in [0.25, 0.3) is 5.91 Å². The predicted octanol–water partition coefficient (Wildman–Crippen LogP) is 3.84. The Morgan fingerprint density at radius 2 is 1.56 bits per heavy atom. The molecule has 2 saturated heterocycles. The summed E-state index contributed by atoms with van der Waals surface area (Å²) in [6.45, 7) is 2.41. The van der Waals surface area contributed by atoms with Crippen LogP contribution in [0.15, 0.2) is 78.9 Å². The summed E-state index contributed by atoms with van der Waals surface area (Å²) >= 11 is 0. The molecular formula is C25H22N2O5. The van der Waals surface area contributed by atoms with E-state index in [2.05, 4.69) is 0 Å². The van der Waals surface area contributed by atoms with Gasteiger partial charge in [-0.15, -0.1) is 0 Å². The highest BCUT2D eigenvalue weighted by molar-refractivity contribution is 6.24. The van der Waals surface area contributed by atoms with E-state index < -0.39 is 24.0 Å². The van der Waals surface area contributed by atoms with E-state index in [1.807, 2.05) is 37.3 Å². The van der Waals surface area contributed by atoms with Gasteiger partial charge in [0.15, 0.2) is 6.10 Å². The fourth-order valence-corrected chi connectivity index (χ4v) is 4.38. The lowest BCUT2D eigenvalue weighted by Gasteiger charge is -2.29. The van der Waals surface area contributed by atoms with Gasteiger partial charge >= 0.3 is 0 Å². The fraction of sp³-hybridized carbons (Fsp3) is 0.200. The van der Waals surface area contributed by atoms with E-state index in [1.54, 1.807) is 53.6 Å². The molecule has 2 fully saturated rings. The number of carbonyl (C=O) groups excluding carboxylic acids is 2. The number of para-hydroxylation sites is 2. The topological polar surface area (TPSA) is 79.3 Å².